The number of amidine groups is 1. The fourth-order valence-corrected chi connectivity index (χ4v) is 1.51. The van der Waals surface area contributed by atoms with Gasteiger partial charge in [0, 0.05) is 25.1 Å². The molecule has 1 aliphatic rings. The third-order valence-electron chi connectivity index (χ3n) is 2.18. The van der Waals surface area contributed by atoms with Crippen LogP contribution in [0.15, 0.2) is 23.0 Å². The molecular weight excluding hydrogens is 152 g/mol. The summed E-state index contributed by atoms with van der Waals surface area (Å²) in [6.45, 7) is 1.85. The molecule has 64 valence electrons. The zero-order valence-corrected chi connectivity index (χ0v) is 6.92. The van der Waals surface area contributed by atoms with E-state index < -0.39 is 0 Å². The minimum absolute atomic E-state index is 0.760. The van der Waals surface area contributed by atoms with Gasteiger partial charge in [0.25, 0.3) is 0 Å². The maximum atomic E-state index is 7.60. The van der Waals surface area contributed by atoms with Gasteiger partial charge in [-0.05, 0) is 12.5 Å². The molecule has 0 radical (unpaired) electrons. The van der Waals surface area contributed by atoms with Crippen molar-refractivity contribution < 1.29 is 4.42 Å². The zero-order chi connectivity index (χ0) is 8.39. The van der Waals surface area contributed by atoms with E-state index in [1.807, 2.05) is 6.07 Å². The number of likely N-dealkylation sites (tertiary alicyclic amines) is 1. The summed E-state index contributed by atoms with van der Waals surface area (Å²) in [5.74, 6) is 0.760. The SMILES string of the molecule is N=C1CCCN1Cc1ccoc1. The molecule has 12 heavy (non-hydrogen) atoms. The summed E-state index contributed by atoms with van der Waals surface area (Å²) in [7, 11) is 0. The molecule has 0 spiro atoms. The molecule has 2 rings (SSSR count). The Balaban J connectivity index is 1.99. The molecule has 1 aromatic rings. The maximum Gasteiger partial charge on any atom is 0.0961 e. The van der Waals surface area contributed by atoms with Crippen molar-refractivity contribution in [2.45, 2.75) is 19.4 Å². The van der Waals surface area contributed by atoms with Crippen molar-refractivity contribution in [2.75, 3.05) is 6.54 Å². The average molecular weight is 164 g/mol. The monoisotopic (exact) mass is 164 g/mol. The van der Waals surface area contributed by atoms with Gasteiger partial charge in [-0.2, -0.15) is 0 Å². The van der Waals surface area contributed by atoms with Gasteiger partial charge in [-0.15, -0.1) is 0 Å². The highest BCUT2D eigenvalue weighted by molar-refractivity contribution is 5.80. The van der Waals surface area contributed by atoms with Gasteiger partial charge in [0.2, 0.25) is 0 Å². The van der Waals surface area contributed by atoms with Crippen molar-refractivity contribution in [3.8, 4) is 0 Å². The van der Waals surface area contributed by atoms with Gasteiger partial charge in [0.05, 0.1) is 18.4 Å². The lowest BCUT2D eigenvalue weighted by molar-refractivity contribution is 0.442. The van der Waals surface area contributed by atoms with E-state index >= 15 is 0 Å². The molecule has 1 aromatic heterocycles. The van der Waals surface area contributed by atoms with E-state index in [0.29, 0.717) is 0 Å². The fourth-order valence-electron chi connectivity index (χ4n) is 1.51. The van der Waals surface area contributed by atoms with E-state index in [0.717, 1.165) is 37.3 Å². The quantitative estimate of drug-likeness (QED) is 0.724. The van der Waals surface area contributed by atoms with E-state index in [2.05, 4.69) is 4.90 Å². The molecule has 0 bridgehead atoms. The largest absolute Gasteiger partial charge is 0.472 e. The average Bonchev–Trinajstić information content (AvgIpc) is 2.65. The molecule has 1 aliphatic heterocycles. The van der Waals surface area contributed by atoms with Crippen LogP contribution >= 0.6 is 0 Å². The lowest BCUT2D eigenvalue weighted by atomic mass is 10.3. The summed E-state index contributed by atoms with van der Waals surface area (Å²) in [5, 5.41) is 7.60. The van der Waals surface area contributed by atoms with Crippen LogP contribution in [0.25, 0.3) is 0 Å². The van der Waals surface area contributed by atoms with Gasteiger partial charge < -0.3 is 9.32 Å². The smallest absolute Gasteiger partial charge is 0.0961 e. The Kier molecular flexibility index (Phi) is 1.86. The van der Waals surface area contributed by atoms with Gasteiger partial charge >= 0.3 is 0 Å². The number of rotatable bonds is 2. The highest BCUT2D eigenvalue weighted by Crippen LogP contribution is 2.14. The van der Waals surface area contributed by atoms with E-state index in [4.69, 9.17) is 9.83 Å². The molecule has 0 amide bonds. The number of hydrogen-bond acceptors (Lipinski definition) is 2. The highest BCUT2D eigenvalue weighted by Gasteiger charge is 2.16. The molecule has 0 saturated carbocycles. The van der Waals surface area contributed by atoms with Crippen molar-refractivity contribution in [2.24, 2.45) is 0 Å². The van der Waals surface area contributed by atoms with E-state index in [1.54, 1.807) is 12.5 Å². The fraction of sp³-hybridized carbons (Fsp3) is 0.444. The maximum absolute atomic E-state index is 7.60. The van der Waals surface area contributed by atoms with Crippen LogP contribution in [0, 0.1) is 5.41 Å². The molecule has 0 aliphatic carbocycles. The molecule has 1 saturated heterocycles. The third kappa shape index (κ3) is 1.35. The van der Waals surface area contributed by atoms with Gasteiger partial charge in [-0.1, -0.05) is 0 Å². The first-order valence-electron chi connectivity index (χ1n) is 4.20. The first kappa shape index (κ1) is 7.40. The Bertz CT molecular complexity index is 266. The van der Waals surface area contributed by atoms with E-state index in [-0.39, 0.29) is 0 Å². The molecule has 1 N–H and O–H groups in total. The Morgan fingerprint density at radius 3 is 3.08 bits per heavy atom. The molecular formula is C9H12N2O. The molecule has 1 fully saturated rings. The first-order valence-corrected chi connectivity index (χ1v) is 4.20. The topological polar surface area (TPSA) is 40.2 Å². The minimum Gasteiger partial charge on any atom is -0.472 e. The normalized spacial score (nSPS) is 17.3. The highest BCUT2D eigenvalue weighted by atomic mass is 16.3. The van der Waals surface area contributed by atoms with Crippen molar-refractivity contribution in [1.82, 2.24) is 4.90 Å². The van der Waals surface area contributed by atoms with Crippen LogP contribution in [0.5, 0.6) is 0 Å². The number of furan rings is 1. The molecule has 0 atom stereocenters. The molecule has 2 heterocycles. The Morgan fingerprint density at radius 2 is 2.50 bits per heavy atom. The van der Waals surface area contributed by atoms with Gasteiger partial charge in [0.1, 0.15) is 0 Å². The predicted octanol–water partition coefficient (Wildman–Crippen LogP) is 1.85. The number of nitrogens with zero attached hydrogens (tertiary/aromatic N) is 1. The second-order valence-electron chi connectivity index (χ2n) is 3.10. The van der Waals surface area contributed by atoms with E-state index in [1.165, 1.54) is 0 Å². The standard InChI is InChI=1S/C9H12N2O/c10-9-2-1-4-11(9)6-8-3-5-12-7-8/h3,5,7,10H,1-2,4,6H2. The predicted molar refractivity (Wildman–Crippen MR) is 46.1 cm³/mol. The Labute approximate surface area is 71.5 Å². The molecule has 0 unspecified atom stereocenters. The lowest BCUT2D eigenvalue weighted by Gasteiger charge is -2.15. The minimum atomic E-state index is 0.760. The van der Waals surface area contributed by atoms with Crippen LogP contribution in [-0.4, -0.2) is 17.3 Å². The second-order valence-corrected chi connectivity index (χ2v) is 3.10. The second kappa shape index (κ2) is 3.01. The summed E-state index contributed by atoms with van der Waals surface area (Å²) in [6, 6.07) is 1.95. The van der Waals surface area contributed by atoms with Crippen LogP contribution in [-0.2, 0) is 6.54 Å². The van der Waals surface area contributed by atoms with Crippen molar-refractivity contribution in [1.29, 1.82) is 5.41 Å². The van der Waals surface area contributed by atoms with Crippen molar-refractivity contribution >= 4 is 5.84 Å². The van der Waals surface area contributed by atoms with Gasteiger partial charge in [-0.3, -0.25) is 5.41 Å². The number of nitrogens with one attached hydrogen (secondary N) is 1. The van der Waals surface area contributed by atoms with Crippen LogP contribution in [0.4, 0.5) is 0 Å². The van der Waals surface area contributed by atoms with Gasteiger partial charge in [0.15, 0.2) is 0 Å². The Hall–Kier alpha value is -1.25. The van der Waals surface area contributed by atoms with Crippen molar-refractivity contribution in [3.63, 3.8) is 0 Å². The van der Waals surface area contributed by atoms with Crippen LogP contribution in [0.1, 0.15) is 18.4 Å². The molecule has 3 heteroatoms. The summed E-state index contributed by atoms with van der Waals surface area (Å²) in [5.41, 5.74) is 1.15. The zero-order valence-electron chi connectivity index (χ0n) is 6.92. The summed E-state index contributed by atoms with van der Waals surface area (Å²) < 4.78 is 4.96. The molecule has 0 aromatic carbocycles. The summed E-state index contributed by atoms with van der Waals surface area (Å²) in [6.07, 6.45) is 5.47. The first-order chi connectivity index (χ1) is 5.86. The van der Waals surface area contributed by atoms with Crippen LogP contribution < -0.4 is 0 Å². The van der Waals surface area contributed by atoms with Gasteiger partial charge in [-0.25, -0.2) is 0 Å². The van der Waals surface area contributed by atoms with Crippen LogP contribution in [0.2, 0.25) is 0 Å². The summed E-state index contributed by atoms with van der Waals surface area (Å²) >= 11 is 0. The molecule has 3 nitrogen and oxygen atoms in total. The number of hydrogen-bond donors (Lipinski definition) is 1. The van der Waals surface area contributed by atoms with Crippen LogP contribution in [0.3, 0.4) is 0 Å². The van der Waals surface area contributed by atoms with E-state index in [9.17, 15) is 0 Å². The Morgan fingerprint density at radius 1 is 1.58 bits per heavy atom. The third-order valence-corrected chi connectivity index (χ3v) is 2.18. The summed E-state index contributed by atoms with van der Waals surface area (Å²) in [4.78, 5) is 2.09. The van der Waals surface area contributed by atoms with Crippen molar-refractivity contribution in [3.05, 3.63) is 24.2 Å². The lowest BCUT2D eigenvalue weighted by Crippen LogP contribution is -2.22.